The zero-order valence-electron chi connectivity index (χ0n) is 14.4. The van der Waals surface area contributed by atoms with E-state index in [1.807, 2.05) is 0 Å². The Labute approximate surface area is 151 Å². The summed E-state index contributed by atoms with van der Waals surface area (Å²) in [4.78, 5) is 17.5. The number of rotatable bonds is 3. The number of piperazine rings is 1. The van der Waals surface area contributed by atoms with Crippen molar-refractivity contribution in [3.8, 4) is 0 Å². The standard InChI is InChI=1S/C19H27N3O.ClH/c1-14-4-2-3-5-16(14)17-12-18(17)19(23)22-9-6-15(13-22)21-10-7-20-8-11-21;/h2-5,15,17-18,20H,6-13H2,1H3;1H. The van der Waals surface area contributed by atoms with Crippen LogP contribution >= 0.6 is 12.4 Å². The molecular formula is C19H28ClN3O. The number of benzene rings is 1. The molecule has 1 saturated carbocycles. The number of amides is 1. The second-order valence-electron chi connectivity index (χ2n) is 7.32. The normalized spacial score (nSPS) is 30.0. The lowest BCUT2D eigenvalue weighted by Gasteiger charge is -2.32. The number of nitrogens with zero attached hydrogens (tertiary/aromatic N) is 2. The van der Waals surface area contributed by atoms with Crippen molar-refractivity contribution in [1.82, 2.24) is 15.1 Å². The van der Waals surface area contributed by atoms with Crippen LogP contribution in [0.15, 0.2) is 24.3 Å². The third-order valence-corrected chi connectivity index (χ3v) is 5.84. The van der Waals surface area contributed by atoms with Gasteiger partial charge in [0.2, 0.25) is 5.91 Å². The predicted molar refractivity (Wildman–Crippen MR) is 98.7 cm³/mol. The molecule has 0 bridgehead atoms. The lowest BCUT2D eigenvalue weighted by atomic mass is 10.0. The van der Waals surface area contributed by atoms with Gasteiger partial charge in [0.25, 0.3) is 0 Å². The van der Waals surface area contributed by atoms with Crippen LogP contribution in [0.25, 0.3) is 0 Å². The van der Waals surface area contributed by atoms with Crippen LogP contribution in [-0.4, -0.2) is 61.0 Å². The van der Waals surface area contributed by atoms with Crippen LogP contribution in [0.4, 0.5) is 0 Å². The molecule has 132 valence electrons. The Morgan fingerprint density at radius 2 is 1.92 bits per heavy atom. The van der Waals surface area contributed by atoms with Crippen molar-refractivity contribution in [3.63, 3.8) is 0 Å². The molecule has 2 heterocycles. The maximum absolute atomic E-state index is 12.8. The van der Waals surface area contributed by atoms with Gasteiger partial charge in [-0.25, -0.2) is 0 Å². The van der Waals surface area contributed by atoms with E-state index in [0.29, 0.717) is 17.9 Å². The summed E-state index contributed by atoms with van der Waals surface area (Å²) in [5.41, 5.74) is 2.71. The van der Waals surface area contributed by atoms with E-state index in [4.69, 9.17) is 0 Å². The number of halogens is 1. The van der Waals surface area contributed by atoms with E-state index in [0.717, 1.165) is 52.1 Å². The SMILES string of the molecule is Cc1ccccc1C1CC1C(=O)N1CCC(N2CCNCC2)C1.Cl. The van der Waals surface area contributed by atoms with Gasteiger partial charge >= 0.3 is 0 Å². The lowest BCUT2D eigenvalue weighted by Crippen LogP contribution is -2.49. The number of carbonyl (C=O) groups is 1. The van der Waals surface area contributed by atoms with E-state index in [9.17, 15) is 4.79 Å². The van der Waals surface area contributed by atoms with E-state index < -0.39 is 0 Å². The van der Waals surface area contributed by atoms with Crippen LogP contribution < -0.4 is 5.32 Å². The van der Waals surface area contributed by atoms with Crippen LogP contribution in [0, 0.1) is 12.8 Å². The Hall–Kier alpha value is -1.10. The highest BCUT2D eigenvalue weighted by atomic mass is 35.5. The Kier molecular flexibility index (Phi) is 5.48. The Morgan fingerprint density at radius 3 is 2.67 bits per heavy atom. The molecule has 1 amide bonds. The molecule has 3 atom stereocenters. The molecule has 2 aliphatic heterocycles. The van der Waals surface area contributed by atoms with Gasteiger partial charge in [0.05, 0.1) is 0 Å². The molecule has 1 aromatic carbocycles. The van der Waals surface area contributed by atoms with Crippen molar-refractivity contribution in [2.45, 2.75) is 31.7 Å². The highest BCUT2D eigenvalue weighted by Gasteiger charge is 2.47. The van der Waals surface area contributed by atoms with Gasteiger partial charge in [-0.05, 0) is 36.8 Å². The molecule has 24 heavy (non-hydrogen) atoms. The van der Waals surface area contributed by atoms with Gasteiger partial charge in [0.15, 0.2) is 0 Å². The molecule has 1 aliphatic carbocycles. The highest BCUT2D eigenvalue weighted by Crippen LogP contribution is 2.49. The molecule has 4 rings (SSSR count). The topological polar surface area (TPSA) is 35.6 Å². The van der Waals surface area contributed by atoms with Crippen LogP contribution in [0.2, 0.25) is 0 Å². The van der Waals surface area contributed by atoms with Gasteiger partial charge < -0.3 is 10.2 Å². The minimum absolute atomic E-state index is 0. The third-order valence-electron chi connectivity index (χ3n) is 5.84. The average Bonchev–Trinajstić information content (AvgIpc) is 3.22. The van der Waals surface area contributed by atoms with Crippen molar-refractivity contribution in [1.29, 1.82) is 0 Å². The molecule has 3 aliphatic rings. The van der Waals surface area contributed by atoms with Crippen molar-refractivity contribution in [2.24, 2.45) is 5.92 Å². The third kappa shape index (κ3) is 3.46. The van der Waals surface area contributed by atoms with E-state index in [1.165, 1.54) is 11.1 Å². The van der Waals surface area contributed by atoms with Gasteiger partial charge in [0, 0.05) is 51.2 Å². The Morgan fingerprint density at radius 1 is 1.17 bits per heavy atom. The summed E-state index contributed by atoms with van der Waals surface area (Å²) in [6, 6.07) is 9.11. The first-order valence-electron chi connectivity index (χ1n) is 9.03. The second kappa shape index (κ2) is 7.42. The van der Waals surface area contributed by atoms with Crippen molar-refractivity contribution >= 4 is 18.3 Å². The summed E-state index contributed by atoms with van der Waals surface area (Å²) in [7, 11) is 0. The molecule has 0 aromatic heterocycles. The van der Waals surface area contributed by atoms with Crippen molar-refractivity contribution < 1.29 is 4.79 Å². The first-order valence-corrected chi connectivity index (χ1v) is 9.03. The minimum atomic E-state index is 0. The quantitative estimate of drug-likeness (QED) is 0.907. The molecular weight excluding hydrogens is 322 g/mol. The predicted octanol–water partition coefficient (Wildman–Crippen LogP) is 2.03. The molecule has 0 spiro atoms. The monoisotopic (exact) mass is 349 g/mol. The largest absolute Gasteiger partial charge is 0.341 e. The Balaban J connectivity index is 0.00000169. The number of hydrogen-bond acceptors (Lipinski definition) is 3. The average molecular weight is 350 g/mol. The van der Waals surface area contributed by atoms with Gasteiger partial charge in [-0.1, -0.05) is 24.3 Å². The summed E-state index contributed by atoms with van der Waals surface area (Å²) in [6.07, 6.45) is 2.19. The Bertz CT molecular complexity index is 588. The molecule has 2 saturated heterocycles. The molecule has 1 aromatic rings. The summed E-state index contributed by atoms with van der Waals surface area (Å²) in [5.74, 6) is 1.09. The first kappa shape index (κ1) is 17.7. The van der Waals surface area contributed by atoms with Crippen molar-refractivity contribution in [3.05, 3.63) is 35.4 Å². The first-order chi connectivity index (χ1) is 11.2. The molecule has 3 fully saturated rings. The zero-order chi connectivity index (χ0) is 15.8. The fraction of sp³-hybridized carbons (Fsp3) is 0.632. The van der Waals surface area contributed by atoms with Crippen LogP contribution in [0.5, 0.6) is 0 Å². The maximum atomic E-state index is 12.8. The minimum Gasteiger partial charge on any atom is -0.341 e. The zero-order valence-corrected chi connectivity index (χ0v) is 15.2. The van der Waals surface area contributed by atoms with Crippen LogP contribution in [0.1, 0.15) is 29.9 Å². The van der Waals surface area contributed by atoms with E-state index in [1.54, 1.807) is 0 Å². The summed E-state index contributed by atoms with van der Waals surface area (Å²) in [5, 5.41) is 3.41. The maximum Gasteiger partial charge on any atom is 0.226 e. The van der Waals surface area contributed by atoms with Gasteiger partial charge in [-0.3, -0.25) is 9.69 Å². The summed E-state index contributed by atoms with van der Waals surface area (Å²) >= 11 is 0. The number of carbonyl (C=O) groups excluding carboxylic acids is 1. The van der Waals surface area contributed by atoms with Gasteiger partial charge in [0.1, 0.15) is 0 Å². The molecule has 0 radical (unpaired) electrons. The van der Waals surface area contributed by atoms with E-state index in [2.05, 4.69) is 46.3 Å². The number of aryl methyl sites for hydroxylation is 1. The molecule has 3 unspecified atom stereocenters. The molecule has 5 heteroatoms. The molecule has 1 N–H and O–H groups in total. The highest BCUT2D eigenvalue weighted by molar-refractivity contribution is 5.85. The molecule has 4 nitrogen and oxygen atoms in total. The fourth-order valence-corrected chi connectivity index (χ4v) is 4.34. The second-order valence-corrected chi connectivity index (χ2v) is 7.32. The smallest absolute Gasteiger partial charge is 0.226 e. The number of hydrogen-bond donors (Lipinski definition) is 1. The van der Waals surface area contributed by atoms with Crippen LogP contribution in [-0.2, 0) is 4.79 Å². The number of likely N-dealkylation sites (tertiary alicyclic amines) is 1. The summed E-state index contributed by atoms with van der Waals surface area (Å²) < 4.78 is 0. The van der Waals surface area contributed by atoms with E-state index in [-0.39, 0.29) is 18.3 Å². The van der Waals surface area contributed by atoms with E-state index >= 15 is 0 Å². The van der Waals surface area contributed by atoms with Gasteiger partial charge in [-0.15, -0.1) is 12.4 Å². The van der Waals surface area contributed by atoms with Crippen LogP contribution in [0.3, 0.4) is 0 Å². The van der Waals surface area contributed by atoms with Gasteiger partial charge in [-0.2, -0.15) is 0 Å². The fourth-order valence-electron chi connectivity index (χ4n) is 4.34. The van der Waals surface area contributed by atoms with Crippen molar-refractivity contribution in [2.75, 3.05) is 39.3 Å². The summed E-state index contributed by atoms with van der Waals surface area (Å²) in [6.45, 7) is 8.47. The lowest BCUT2D eigenvalue weighted by molar-refractivity contribution is -0.131. The number of nitrogens with one attached hydrogen (secondary N) is 1.